The van der Waals surface area contributed by atoms with Crippen LogP contribution < -0.4 is 0 Å². The molecule has 0 bridgehead atoms. The fourth-order valence-electron chi connectivity index (χ4n) is 3.42. The van der Waals surface area contributed by atoms with Crippen molar-refractivity contribution in [3.05, 3.63) is 29.8 Å². The smallest absolute Gasteiger partial charge is 0.253 e. The molecule has 25 heavy (non-hydrogen) atoms. The third-order valence-corrected chi connectivity index (χ3v) is 6.83. The number of hydrogen-bond acceptors (Lipinski definition) is 4. The zero-order valence-corrected chi connectivity index (χ0v) is 15.5. The van der Waals surface area contributed by atoms with Crippen molar-refractivity contribution in [1.82, 2.24) is 9.21 Å². The van der Waals surface area contributed by atoms with Gasteiger partial charge in [0.05, 0.1) is 11.0 Å². The van der Waals surface area contributed by atoms with E-state index in [4.69, 9.17) is 4.74 Å². The summed E-state index contributed by atoms with van der Waals surface area (Å²) in [5.41, 5.74) is 0.514. The summed E-state index contributed by atoms with van der Waals surface area (Å²) in [4.78, 5) is 14.7. The van der Waals surface area contributed by atoms with Crippen LogP contribution in [0.4, 0.5) is 0 Å². The number of benzene rings is 1. The van der Waals surface area contributed by atoms with Gasteiger partial charge in [-0.05, 0) is 56.9 Å². The molecule has 0 radical (unpaired) electrons. The van der Waals surface area contributed by atoms with Crippen molar-refractivity contribution in [2.45, 2.75) is 43.6 Å². The summed E-state index contributed by atoms with van der Waals surface area (Å²) in [6.45, 7) is 5.05. The molecular formula is C18H26N2O4S. The van der Waals surface area contributed by atoms with Gasteiger partial charge in [-0.1, -0.05) is 0 Å². The number of carbonyl (C=O) groups excluding carboxylic acids is 1. The van der Waals surface area contributed by atoms with Gasteiger partial charge in [0.1, 0.15) is 0 Å². The van der Waals surface area contributed by atoms with Gasteiger partial charge >= 0.3 is 0 Å². The predicted octanol–water partition coefficient (Wildman–Crippen LogP) is 2.11. The molecule has 0 aromatic heterocycles. The summed E-state index contributed by atoms with van der Waals surface area (Å²) in [6.07, 6.45) is 3.95. The van der Waals surface area contributed by atoms with E-state index in [9.17, 15) is 13.2 Å². The minimum Gasteiger partial charge on any atom is -0.376 e. The Morgan fingerprint density at radius 1 is 1.20 bits per heavy atom. The third-order valence-electron chi connectivity index (χ3n) is 4.92. The highest BCUT2D eigenvalue weighted by Gasteiger charge is 2.28. The molecule has 2 fully saturated rings. The number of nitrogens with zero attached hydrogens (tertiary/aromatic N) is 2. The second-order valence-corrected chi connectivity index (χ2v) is 8.55. The SMILES string of the molecule is CCN(CC1CCCO1)C(=O)c1ccc(S(=O)(=O)N2CCCC2)cc1. The van der Waals surface area contributed by atoms with E-state index in [2.05, 4.69) is 0 Å². The van der Waals surface area contributed by atoms with Gasteiger partial charge in [-0.2, -0.15) is 4.31 Å². The van der Waals surface area contributed by atoms with E-state index in [1.54, 1.807) is 29.2 Å². The topological polar surface area (TPSA) is 66.9 Å². The van der Waals surface area contributed by atoms with Crippen molar-refractivity contribution in [2.75, 3.05) is 32.8 Å². The van der Waals surface area contributed by atoms with E-state index in [-0.39, 0.29) is 16.9 Å². The molecule has 3 rings (SSSR count). The first kappa shape index (κ1) is 18.4. The first-order chi connectivity index (χ1) is 12.0. The fourth-order valence-corrected chi connectivity index (χ4v) is 4.94. The summed E-state index contributed by atoms with van der Waals surface area (Å²) in [6, 6.07) is 6.31. The number of sulfonamides is 1. The van der Waals surface area contributed by atoms with Crippen LogP contribution in [-0.4, -0.2) is 62.4 Å². The Kier molecular flexibility index (Phi) is 5.76. The summed E-state index contributed by atoms with van der Waals surface area (Å²) in [5.74, 6) is -0.0804. The van der Waals surface area contributed by atoms with Crippen LogP contribution in [0.1, 0.15) is 43.0 Å². The van der Waals surface area contributed by atoms with Gasteiger partial charge < -0.3 is 9.64 Å². The molecule has 2 heterocycles. The molecule has 1 aromatic carbocycles. The average molecular weight is 366 g/mol. The second-order valence-electron chi connectivity index (χ2n) is 6.61. The first-order valence-corrected chi connectivity index (χ1v) is 10.5. The Labute approximate surface area is 149 Å². The van der Waals surface area contributed by atoms with Crippen LogP contribution in [0.5, 0.6) is 0 Å². The Balaban J connectivity index is 1.71. The van der Waals surface area contributed by atoms with Crippen molar-refractivity contribution >= 4 is 15.9 Å². The van der Waals surface area contributed by atoms with E-state index in [0.717, 1.165) is 32.3 Å². The van der Waals surface area contributed by atoms with Crippen LogP contribution in [0.15, 0.2) is 29.2 Å². The molecule has 2 saturated heterocycles. The van der Waals surface area contributed by atoms with E-state index < -0.39 is 10.0 Å². The molecule has 2 aliphatic rings. The van der Waals surface area contributed by atoms with Gasteiger partial charge in [-0.3, -0.25) is 4.79 Å². The number of amides is 1. The van der Waals surface area contributed by atoms with E-state index in [0.29, 0.717) is 31.7 Å². The van der Waals surface area contributed by atoms with Crippen molar-refractivity contribution < 1.29 is 17.9 Å². The molecule has 138 valence electrons. The van der Waals surface area contributed by atoms with Gasteiger partial charge in [0.25, 0.3) is 5.91 Å². The molecular weight excluding hydrogens is 340 g/mol. The Bertz CT molecular complexity index is 690. The molecule has 0 aliphatic carbocycles. The largest absolute Gasteiger partial charge is 0.376 e. The number of carbonyl (C=O) groups is 1. The van der Waals surface area contributed by atoms with Gasteiger partial charge in [-0.15, -0.1) is 0 Å². The molecule has 0 spiro atoms. The lowest BCUT2D eigenvalue weighted by Crippen LogP contribution is -2.37. The van der Waals surface area contributed by atoms with Crippen LogP contribution in [0.3, 0.4) is 0 Å². The minimum atomic E-state index is -3.44. The lowest BCUT2D eigenvalue weighted by Gasteiger charge is -2.24. The van der Waals surface area contributed by atoms with E-state index >= 15 is 0 Å². The fraction of sp³-hybridized carbons (Fsp3) is 0.611. The average Bonchev–Trinajstić information content (AvgIpc) is 3.33. The Morgan fingerprint density at radius 3 is 2.44 bits per heavy atom. The molecule has 7 heteroatoms. The molecule has 1 unspecified atom stereocenters. The molecule has 0 N–H and O–H groups in total. The summed E-state index contributed by atoms with van der Waals surface area (Å²) >= 11 is 0. The van der Waals surface area contributed by atoms with Crippen LogP contribution >= 0.6 is 0 Å². The highest BCUT2D eigenvalue weighted by Crippen LogP contribution is 2.22. The lowest BCUT2D eigenvalue weighted by molar-refractivity contribution is 0.0539. The predicted molar refractivity (Wildman–Crippen MR) is 95.0 cm³/mol. The summed E-state index contributed by atoms with van der Waals surface area (Å²) in [5, 5.41) is 0. The Morgan fingerprint density at radius 2 is 1.88 bits per heavy atom. The van der Waals surface area contributed by atoms with Crippen molar-refractivity contribution in [2.24, 2.45) is 0 Å². The monoisotopic (exact) mass is 366 g/mol. The molecule has 1 atom stereocenters. The summed E-state index contributed by atoms with van der Waals surface area (Å²) < 4.78 is 32.2. The highest BCUT2D eigenvalue weighted by molar-refractivity contribution is 7.89. The number of hydrogen-bond donors (Lipinski definition) is 0. The number of likely N-dealkylation sites (N-methyl/N-ethyl adjacent to an activating group) is 1. The maximum absolute atomic E-state index is 12.7. The highest BCUT2D eigenvalue weighted by atomic mass is 32.2. The zero-order valence-electron chi connectivity index (χ0n) is 14.7. The van der Waals surface area contributed by atoms with Gasteiger partial charge in [-0.25, -0.2) is 8.42 Å². The van der Waals surface area contributed by atoms with E-state index in [1.807, 2.05) is 6.92 Å². The first-order valence-electron chi connectivity index (χ1n) is 9.03. The molecule has 1 amide bonds. The number of ether oxygens (including phenoxy) is 1. The second kappa shape index (κ2) is 7.85. The molecule has 0 saturated carbocycles. The van der Waals surface area contributed by atoms with Crippen molar-refractivity contribution in [3.63, 3.8) is 0 Å². The molecule has 6 nitrogen and oxygen atoms in total. The molecule has 2 aliphatic heterocycles. The third kappa shape index (κ3) is 4.04. The van der Waals surface area contributed by atoms with Crippen LogP contribution in [0, 0.1) is 0 Å². The number of rotatable bonds is 6. The molecule has 1 aromatic rings. The lowest BCUT2D eigenvalue weighted by atomic mass is 10.1. The van der Waals surface area contributed by atoms with Crippen molar-refractivity contribution in [3.8, 4) is 0 Å². The normalized spacial score (nSPS) is 21.6. The zero-order chi connectivity index (χ0) is 17.9. The quantitative estimate of drug-likeness (QED) is 0.773. The standard InChI is InChI=1S/C18H26N2O4S/c1-2-19(14-16-6-5-13-24-16)18(21)15-7-9-17(10-8-15)25(22,23)20-11-3-4-12-20/h7-10,16H,2-6,11-14H2,1H3. The maximum atomic E-state index is 12.7. The van der Waals surface area contributed by atoms with Gasteiger partial charge in [0.2, 0.25) is 10.0 Å². The van der Waals surface area contributed by atoms with Crippen molar-refractivity contribution in [1.29, 1.82) is 0 Å². The minimum absolute atomic E-state index is 0.0804. The Hall–Kier alpha value is -1.44. The van der Waals surface area contributed by atoms with Crippen LogP contribution in [-0.2, 0) is 14.8 Å². The van der Waals surface area contributed by atoms with Crippen LogP contribution in [0.2, 0.25) is 0 Å². The van der Waals surface area contributed by atoms with Gasteiger partial charge in [0, 0.05) is 38.3 Å². The maximum Gasteiger partial charge on any atom is 0.253 e. The van der Waals surface area contributed by atoms with E-state index in [1.165, 1.54) is 4.31 Å². The van der Waals surface area contributed by atoms with Gasteiger partial charge in [0.15, 0.2) is 0 Å². The summed E-state index contributed by atoms with van der Waals surface area (Å²) in [7, 11) is -3.44. The van der Waals surface area contributed by atoms with Crippen LogP contribution in [0.25, 0.3) is 0 Å².